The van der Waals surface area contributed by atoms with Crippen LogP contribution in [-0.2, 0) is 16.0 Å². The number of amides is 1. The highest BCUT2D eigenvalue weighted by molar-refractivity contribution is 5.76. The van der Waals surface area contributed by atoms with Crippen LogP contribution in [0.1, 0.15) is 46.1 Å². The molecule has 0 aliphatic carbocycles. The molecule has 0 spiro atoms. The van der Waals surface area contributed by atoms with Gasteiger partial charge in [0.2, 0.25) is 0 Å². The Bertz CT molecular complexity index is 548. The molecule has 1 amide bonds. The van der Waals surface area contributed by atoms with Crippen molar-refractivity contribution >= 4 is 12.1 Å². The van der Waals surface area contributed by atoms with Crippen molar-refractivity contribution in [2.24, 2.45) is 0 Å². The summed E-state index contributed by atoms with van der Waals surface area (Å²) in [6.07, 6.45) is 0.303. The molecule has 0 saturated heterocycles. The van der Waals surface area contributed by atoms with Crippen LogP contribution in [0.15, 0.2) is 30.3 Å². The van der Waals surface area contributed by atoms with Crippen molar-refractivity contribution < 1.29 is 24.5 Å². The molecule has 0 unspecified atom stereocenters. The molecule has 6 nitrogen and oxygen atoms in total. The lowest BCUT2D eigenvalue weighted by Gasteiger charge is -2.26. The molecule has 0 bridgehead atoms. The van der Waals surface area contributed by atoms with Crippen molar-refractivity contribution in [3.63, 3.8) is 0 Å². The number of hydrogen-bond acceptors (Lipinski definition) is 4. The summed E-state index contributed by atoms with van der Waals surface area (Å²) in [5, 5.41) is 21.7. The Kier molecular flexibility index (Phi) is 6.78. The first-order valence-electron chi connectivity index (χ1n) is 7.99. The number of carbonyl (C=O) groups is 2. The number of benzene rings is 1. The predicted octanol–water partition coefficient (Wildman–Crippen LogP) is 2.74. The molecule has 0 fully saturated rings. The number of nitrogens with one attached hydrogen (secondary N) is 1. The van der Waals surface area contributed by atoms with E-state index < -0.39 is 23.3 Å². The average Bonchev–Trinajstić information content (AvgIpc) is 2.43. The maximum atomic E-state index is 12.0. The van der Waals surface area contributed by atoms with Crippen LogP contribution in [0, 0.1) is 0 Å². The number of carboxylic acids is 1. The van der Waals surface area contributed by atoms with Crippen molar-refractivity contribution in [1.82, 2.24) is 5.32 Å². The van der Waals surface area contributed by atoms with Gasteiger partial charge in [0.25, 0.3) is 0 Å². The Morgan fingerprint density at radius 3 is 2.25 bits per heavy atom. The average molecular weight is 337 g/mol. The summed E-state index contributed by atoms with van der Waals surface area (Å²) in [7, 11) is 0. The van der Waals surface area contributed by atoms with Crippen LogP contribution < -0.4 is 5.32 Å². The van der Waals surface area contributed by atoms with E-state index in [1.807, 2.05) is 30.3 Å². The maximum absolute atomic E-state index is 12.0. The summed E-state index contributed by atoms with van der Waals surface area (Å²) >= 11 is 0. The monoisotopic (exact) mass is 337 g/mol. The summed E-state index contributed by atoms with van der Waals surface area (Å²) in [6, 6.07) is 9.21. The molecule has 0 aromatic heterocycles. The highest BCUT2D eigenvalue weighted by Crippen LogP contribution is 2.17. The molecular weight excluding hydrogens is 310 g/mol. The van der Waals surface area contributed by atoms with Crippen LogP contribution in [0.5, 0.6) is 0 Å². The van der Waals surface area contributed by atoms with Gasteiger partial charge in [-0.25, -0.2) is 9.59 Å². The number of aliphatic hydroxyl groups is 1. The van der Waals surface area contributed by atoms with Gasteiger partial charge < -0.3 is 20.3 Å². The van der Waals surface area contributed by atoms with Crippen molar-refractivity contribution in [3.8, 4) is 0 Å². The Morgan fingerprint density at radius 1 is 1.17 bits per heavy atom. The molecule has 2 atom stereocenters. The Hall–Kier alpha value is -2.08. The summed E-state index contributed by atoms with van der Waals surface area (Å²) < 4.78 is 5.26. The van der Waals surface area contributed by atoms with Crippen LogP contribution in [0.4, 0.5) is 4.79 Å². The van der Waals surface area contributed by atoms with E-state index in [4.69, 9.17) is 9.84 Å². The molecule has 6 heteroatoms. The number of carboxylic acid groups (broad SMARTS) is 1. The largest absolute Gasteiger partial charge is 0.479 e. The molecule has 0 radical (unpaired) electrons. The minimum Gasteiger partial charge on any atom is -0.479 e. The third-order valence-corrected chi connectivity index (χ3v) is 3.49. The van der Waals surface area contributed by atoms with E-state index in [0.29, 0.717) is 12.8 Å². The van der Waals surface area contributed by atoms with Crippen LogP contribution >= 0.6 is 0 Å². The van der Waals surface area contributed by atoms with Crippen LogP contribution in [0.2, 0.25) is 0 Å². The SMILES string of the molecule is CC(C)(C)OC(=O)N[C@@H](CC[C@@](C)(O)C(=O)O)Cc1ccccc1. The lowest BCUT2D eigenvalue weighted by atomic mass is 9.94. The van der Waals surface area contributed by atoms with Gasteiger partial charge in [0, 0.05) is 6.04 Å². The Morgan fingerprint density at radius 2 is 1.75 bits per heavy atom. The number of carbonyl (C=O) groups excluding carboxylic acids is 1. The maximum Gasteiger partial charge on any atom is 0.407 e. The van der Waals surface area contributed by atoms with Crippen molar-refractivity contribution in [3.05, 3.63) is 35.9 Å². The molecule has 1 rings (SSSR count). The zero-order valence-corrected chi connectivity index (χ0v) is 14.7. The second kappa shape index (κ2) is 8.15. The Balaban J connectivity index is 2.75. The molecule has 1 aromatic rings. The van der Waals surface area contributed by atoms with Crippen molar-refractivity contribution in [2.75, 3.05) is 0 Å². The Labute approximate surface area is 142 Å². The number of ether oxygens (including phenoxy) is 1. The minimum atomic E-state index is -1.83. The van der Waals surface area contributed by atoms with Crippen molar-refractivity contribution in [1.29, 1.82) is 0 Å². The summed E-state index contributed by atoms with van der Waals surface area (Å²) in [5.74, 6) is -1.28. The fraction of sp³-hybridized carbons (Fsp3) is 0.556. The lowest BCUT2D eigenvalue weighted by Crippen LogP contribution is -2.42. The van der Waals surface area contributed by atoms with Gasteiger partial charge in [0.15, 0.2) is 5.60 Å². The van der Waals surface area contributed by atoms with Gasteiger partial charge in [-0.2, -0.15) is 0 Å². The highest BCUT2D eigenvalue weighted by Gasteiger charge is 2.31. The van der Waals surface area contributed by atoms with Gasteiger partial charge in [0.05, 0.1) is 0 Å². The first-order valence-corrected chi connectivity index (χ1v) is 7.99. The van der Waals surface area contributed by atoms with Crippen LogP contribution in [0.3, 0.4) is 0 Å². The normalized spacial score (nSPS) is 15.2. The molecule has 24 heavy (non-hydrogen) atoms. The minimum absolute atomic E-state index is 0.0234. The topological polar surface area (TPSA) is 95.9 Å². The molecule has 0 heterocycles. The quantitative estimate of drug-likeness (QED) is 0.711. The van der Waals surface area contributed by atoms with E-state index >= 15 is 0 Å². The summed E-state index contributed by atoms with van der Waals surface area (Å²) in [5.41, 5.74) is -1.44. The van der Waals surface area contributed by atoms with Gasteiger partial charge in [-0.05, 0) is 52.5 Å². The fourth-order valence-electron chi connectivity index (χ4n) is 2.16. The van der Waals surface area contributed by atoms with Crippen LogP contribution in [0.25, 0.3) is 0 Å². The molecule has 1 aromatic carbocycles. The standard InChI is InChI=1S/C18H27NO5/c1-17(2,3)24-16(22)19-14(10-11-18(4,23)15(20)21)12-13-8-6-5-7-9-13/h5-9,14,23H,10-12H2,1-4H3,(H,19,22)(H,20,21)/t14-,18+/m0/s1. The fourth-order valence-corrected chi connectivity index (χ4v) is 2.16. The second-order valence-corrected chi connectivity index (χ2v) is 7.15. The summed E-state index contributed by atoms with van der Waals surface area (Å²) in [6.45, 7) is 6.57. The summed E-state index contributed by atoms with van der Waals surface area (Å²) in [4.78, 5) is 23.0. The van der Waals surface area contributed by atoms with E-state index in [1.165, 1.54) is 6.92 Å². The zero-order valence-electron chi connectivity index (χ0n) is 14.7. The van der Waals surface area contributed by atoms with Gasteiger partial charge in [0.1, 0.15) is 5.60 Å². The van der Waals surface area contributed by atoms with Gasteiger partial charge in [-0.15, -0.1) is 0 Å². The van der Waals surface area contributed by atoms with Crippen LogP contribution in [-0.4, -0.2) is 39.5 Å². The molecule has 0 saturated carbocycles. The molecule has 0 aliphatic heterocycles. The predicted molar refractivity (Wildman–Crippen MR) is 90.8 cm³/mol. The zero-order chi connectivity index (χ0) is 18.4. The first-order chi connectivity index (χ1) is 11.0. The number of rotatable bonds is 7. The van der Waals surface area contributed by atoms with E-state index in [0.717, 1.165) is 5.56 Å². The number of alkyl carbamates (subject to hydrolysis) is 1. The second-order valence-electron chi connectivity index (χ2n) is 7.15. The van der Waals surface area contributed by atoms with Crippen molar-refractivity contribution in [2.45, 2.75) is 64.2 Å². The van der Waals surface area contributed by atoms with Gasteiger partial charge in [-0.1, -0.05) is 30.3 Å². The van der Waals surface area contributed by atoms with E-state index in [9.17, 15) is 14.7 Å². The first kappa shape index (κ1) is 20.0. The molecule has 0 aliphatic rings. The van der Waals surface area contributed by atoms with E-state index in [-0.39, 0.29) is 12.5 Å². The number of aliphatic carboxylic acids is 1. The third kappa shape index (κ3) is 7.46. The molecule has 134 valence electrons. The van der Waals surface area contributed by atoms with Gasteiger partial charge in [-0.3, -0.25) is 0 Å². The highest BCUT2D eigenvalue weighted by atomic mass is 16.6. The lowest BCUT2D eigenvalue weighted by molar-refractivity contribution is -0.157. The molecular formula is C18H27NO5. The van der Waals surface area contributed by atoms with E-state index in [1.54, 1.807) is 20.8 Å². The third-order valence-electron chi connectivity index (χ3n) is 3.49. The smallest absolute Gasteiger partial charge is 0.407 e. The van der Waals surface area contributed by atoms with E-state index in [2.05, 4.69) is 5.32 Å². The number of hydrogen-bond donors (Lipinski definition) is 3. The van der Waals surface area contributed by atoms with Gasteiger partial charge >= 0.3 is 12.1 Å². The molecule has 3 N–H and O–H groups in total.